The highest BCUT2D eigenvalue weighted by Gasteiger charge is 2.30. The Kier molecular flexibility index (Phi) is 4.69. The van der Waals surface area contributed by atoms with Crippen LogP contribution in [0, 0.1) is 6.92 Å². The summed E-state index contributed by atoms with van der Waals surface area (Å²) in [6, 6.07) is 3.47. The van der Waals surface area contributed by atoms with Gasteiger partial charge in [0.15, 0.2) is 0 Å². The molecule has 0 aliphatic carbocycles. The molecule has 0 spiro atoms. The van der Waals surface area contributed by atoms with Crippen molar-refractivity contribution in [3.8, 4) is 0 Å². The Labute approximate surface area is 146 Å². The number of aromatic amines is 1. The van der Waals surface area contributed by atoms with Gasteiger partial charge in [-0.25, -0.2) is 4.98 Å². The summed E-state index contributed by atoms with van der Waals surface area (Å²) < 4.78 is 0. The van der Waals surface area contributed by atoms with Crippen molar-refractivity contribution >= 4 is 17.6 Å². The maximum Gasteiger partial charge on any atom is 0.269 e. The highest BCUT2D eigenvalue weighted by atomic mass is 16.2. The van der Waals surface area contributed by atoms with Gasteiger partial charge in [0.25, 0.3) is 11.8 Å². The molecule has 1 aliphatic rings. The molecule has 2 N–H and O–H groups in total. The van der Waals surface area contributed by atoms with Gasteiger partial charge >= 0.3 is 0 Å². The maximum absolute atomic E-state index is 12.8. The van der Waals surface area contributed by atoms with Crippen molar-refractivity contribution in [3.05, 3.63) is 41.3 Å². The molecule has 1 atom stereocenters. The topological polar surface area (TPSA) is 94.2 Å². The molecular weight excluding hydrogens is 320 g/mol. The van der Waals surface area contributed by atoms with Crippen molar-refractivity contribution in [1.82, 2.24) is 25.4 Å². The third-order valence-electron chi connectivity index (χ3n) is 4.31. The number of hydrogen-bond donors (Lipinski definition) is 2. The van der Waals surface area contributed by atoms with E-state index in [0.29, 0.717) is 30.2 Å². The molecule has 2 amide bonds. The summed E-state index contributed by atoms with van der Waals surface area (Å²) in [6.45, 7) is 2.92. The summed E-state index contributed by atoms with van der Waals surface area (Å²) in [5.41, 5.74) is 1.84. The number of H-pyrrole nitrogens is 1. The molecule has 25 heavy (non-hydrogen) atoms. The van der Waals surface area contributed by atoms with E-state index < -0.39 is 0 Å². The van der Waals surface area contributed by atoms with Gasteiger partial charge in [-0.2, -0.15) is 5.10 Å². The molecule has 1 saturated heterocycles. The zero-order chi connectivity index (χ0) is 18.0. The van der Waals surface area contributed by atoms with Gasteiger partial charge in [-0.1, -0.05) is 0 Å². The van der Waals surface area contributed by atoms with E-state index in [-0.39, 0.29) is 17.9 Å². The molecular formula is C17H22N6O2. The van der Waals surface area contributed by atoms with Crippen molar-refractivity contribution < 1.29 is 9.59 Å². The zero-order valence-electron chi connectivity index (χ0n) is 14.6. The van der Waals surface area contributed by atoms with Gasteiger partial charge in [0.2, 0.25) is 0 Å². The van der Waals surface area contributed by atoms with Crippen molar-refractivity contribution in [1.29, 1.82) is 0 Å². The predicted octanol–water partition coefficient (Wildman–Crippen LogP) is 0.824. The molecule has 8 heteroatoms. The maximum atomic E-state index is 12.8. The summed E-state index contributed by atoms with van der Waals surface area (Å²) in [5, 5.41) is 9.53. The lowest BCUT2D eigenvalue weighted by atomic mass is 10.2. The quantitative estimate of drug-likeness (QED) is 0.858. The summed E-state index contributed by atoms with van der Waals surface area (Å²) in [4.78, 5) is 32.9. The predicted molar refractivity (Wildman–Crippen MR) is 93.7 cm³/mol. The number of amides is 2. The lowest BCUT2D eigenvalue weighted by Crippen LogP contribution is -2.39. The number of aryl methyl sites for hydroxylation is 1. The molecule has 0 saturated carbocycles. The fourth-order valence-corrected chi connectivity index (χ4v) is 2.99. The molecule has 2 aromatic heterocycles. The number of carbonyl (C=O) groups is 2. The smallest absolute Gasteiger partial charge is 0.269 e. The van der Waals surface area contributed by atoms with Crippen LogP contribution in [-0.2, 0) is 0 Å². The molecule has 132 valence electrons. The third kappa shape index (κ3) is 3.47. The molecule has 3 rings (SSSR count). The minimum Gasteiger partial charge on any atom is -0.362 e. The molecule has 0 radical (unpaired) electrons. The van der Waals surface area contributed by atoms with Gasteiger partial charge < -0.3 is 15.1 Å². The molecule has 8 nitrogen and oxygen atoms in total. The van der Waals surface area contributed by atoms with E-state index in [0.717, 1.165) is 12.0 Å². The SMILES string of the molecule is Cc1cn[nH]c1C(=O)N[C@@H]1CCN(C(=O)c2cccnc2N(C)C)C1. The minimum absolute atomic E-state index is 0.0636. The van der Waals surface area contributed by atoms with Gasteiger partial charge in [0.05, 0.1) is 11.8 Å². The van der Waals surface area contributed by atoms with E-state index in [1.54, 1.807) is 29.4 Å². The van der Waals surface area contributed by atoms with E-state index in [1.165, 1.54) is 0 Å². The summed E-state index contributed by atoms with van der Waals surface area (Å²) in [7, 11) is 3.72. The van der Waals surface area contributed by atoms with Gasteiger partial charge in [0.1, 0.15) is 11.5 Å². The van der Waals surface area contributed by atoms with Crippen molar-refractivity contribution in [2.75, 3.05) is 32.1 Å². The number of nitrogens with zero attached hydrogens (tertiary/aromatic N) is 4. The van der Waals surface area contributed by atoms with Crippen LogP contribution in [0.5, 0.6) is 0 Å². The Balaban J connectivity index is 1.66. The first-order valence-corrected chi connectivity index (χ1v) is 8.20. The average molecular weight is 342 g/mol. The van der Waals surface area contributed by atoms with Crippen LogP contribution in [0.2, 0.25) is 0 Å². The van der Waals surface area contributed by atoms with E-state index in [2.05, 4.69) is 20.5 Å². The van der Waals surface area contributed by atoms with Crippen molar-refractivity contribution in [2.45, 2.75) is 19.4 Å². The van der Waals surface area contributed by atoms with Crippen LogP contribution in [0.1, 0.15) is 32.8 Å². The summed E-state index contributed by atoms with van der Waals surface area (Å²) in [6.07, 6.45) is 4.01. The number of anilines is 1. The zero-order valence-corrected chi connectivity index (χ0v) is 14.6. The number of carbonyl (C=O) groups excluding carboxylic acids is 2. The third-order valence-corrected chi connectivity index (χ3v) is 4.31. The monoisotopic (exact) mass is 342 g/mol. The van der Waals surface area contributed by atoms with E-state index in [9.17, 15) is 9.59 Å². The van der Waals surface area contributed by atoms with Gasteiger partial charge in [-0.05, 0) is 31.0 Å². The number of pyridine rings is 1. The van der Waals surface area contributed by atoms with Crippen LogP contribution in [0.25, 0.3) is 0 Å². The number of aromatic nitrogens is 3. The standard InChI is InChI=1S/C17H22N6O2/c1-11-9-19-21-14(11)16(24)20-12-6-8-23(10-12)17(25)13-5-4-7-18-15(13)22(2)3/h4-5,7,9,12H,6,8,10H2,1-3H3,(H,19,21)(H,20,24)/t12-/m1/s1. The van der Waals surface area contributed by atoms with E-state index >= 15 is 0 Å². The second-order valence-corrected chi connectivity index (χ2v) is 6.41. The van der Waals surface area contributed by atoms with Crippen LogP contribution < -0.4 is 10.2 Å². The van der Waals surface area contributed by atoms with Gasteiger partial charge in [-0.3, -0.25) is 14.7 Å². The van der Waals surface area contributed by atoms with Crippen molar-refractivity contribution in [2.24, 2.45) is 0 Å². The van der Waals surface area contributed by atoms with Crippen LogP contribution in [0.15, 0.2) is 24.5 Å². The van der Waals surface area contributed by atoms with E-state index in [1.807, 2.05) is 25.9 Å². The second-order valence-electron chi connectivity index (χ2n) is 6.41. The lowest BCUT2D eigenvalue weighted by Gasteiger charge is -2.20. The Bertz CT molecular complexity index is 785. The molecule has 0 bridgehead atoms. The van der Waals surface area contributed by atoms with Crippen LogP contribution in [0.3, 0.4) is 0 Å². The Hall–Kier alpha value is -2.90. The molecule has 2 aromatic rings. The Morgan fingerprint density at radius 2 is 2.20 bits per heavy atom. The van der Waals surface area contributed by atoms with Gasteiger partial charge in [-0.15, -0.1) is 0 Å². The lowest BCUT2D eigenvalue weighted by molar-refractivity contribution is 0.0783. The summed E-state index contributed by atoms with van der Waals surface area (Å²) in [5.74, 6) is 0.393. The highest BCUT2D eigenvalue weighted by molar-refractivity contribution is 5.99. The molecule has 3 heterocycles. The number of nitrogens with one attached hydrogen (secondary N) is 2. The van der Waals surface area contributed by atoms with Gasteiger partial charge in [0, 0.05) is 39.4 Å². The molecule has 1 fully saturated rings. The molecule has 1 aliphatic heterocycles. The normalized spacial score (nSPS) is 16.8. The van der Waals surface area contributed by atoms with Crippen LogP contribution in [-0.4, -0.2) is 65.1 Å². The van der Waals surface area contributed by atoms with Crippen LogP contribution in [0.4, 0.5) is 5.82 Å². The average Bonchev–Trinajstić information content (AvgIpc) is 3.23. The number of likely N-dealkylation sites (tertiary alicyclic amines) is 1. The largest absolute Gasteiger partial charge is 0.362 e. The molecule has 0 unspecified atom stereocenters. The first kappa shape index (κ1) is 16.9. The Morgan fingerprint density at radius 3 is 2.88 bits per heavy atom. The number of rotatable bonds is 4. The highest BCUT2D eigenvalue weighted by Crippen LogP contribution is 2.20. The second kappa shape index (κ2) is 6.92. The first-order valence-electron chi connectivity index (χ1n) is 8.20. The fourth-order valence-electron chi connectivity index (χ4n) is 2.99. The number of hydrogen-bond acceptors (Lipinski definition) is 5. The van der Waals surface area contributed by atoms with Crippen molar-refractivity contribution in [3.63, 3.8) is 0 Å². The van der Waals surface area contributed by atoms with Crippen LogP contribution >= 0.6 is 0 Å². The first-order chi connectivity index (χ1) is 12.0. The Morgan fingerprint density at radius 1 is 1.40 bits per heavy atom. The minimum atomic E-state index is -0.190. The molecule has 0 aromatic carbocycles. The summed E-state index contributed by atoms with van der Waals surface area (Å²) >= 11 is 0. The van der Waals surface area contributed by atoms with E-state index in [4.69, 9.17) is 0 Å². The fraction of sp³-hybridized carbons (Fsp3) is 0.412.